The summed E-state index contributed by atoms with van der Waals surface area (Å²) in [5.41, 5.74) is 6.20. The van der Waals surface area contributed by atoms with Gasteiger partial charge in [-0.25, -0.2) is 9.59 Å². The number of hydrogen-bond acceptors (Lipinski definition) is 5. The van der Waals surface area contributed by atoms with E-state index in [1.807, 2.05) is 60.7 Å². The van der Waals surface area contributed by atoms with Crippen LogP contribution in [0.1, 0.15) is 49.8 Å². The smallest absolute Gasteiger partial charge is 0.408 e. The molecule has 8 heteroatoms. The molecule has 5 rings (SSSR count). The van der Waals surface area contributed by atoms with Crippen molar-refractivity contribution in [3.63, 3.8) is 0 Å². The van der Waals surface area contributed by atoms with E-state index < -0.39 is 24.1 Å². The zero-order valence-electron chi connectivity index (χ0n) is 24.9. The fourth-order valence-electron chi connectivity index (χ4n) is 5.89. The Morgan fingerprint density at radius 3 is 2.18 bits per heavy atom. The Labute approximate surface area is 257 Å². The minimum absolute atomic E-state index is 0.117. The van der Waals surface area contributed by atoms with Crippen LogP contribution < -0.4 is 0 Å². The highest BCUT2D eigenvalue weighted by Gasteiger charge is 2.40. The number of benzene rings is 4. The van der Waals surface area contributed by atoms with Crippen LogP contribution >= 0.6 is 0 Å². The van der Waals surface area contributed by atoms with Gasteiger partial charge in [-0.15, -0.1) is 0 Å². The molecule has 1 N–H and O–H groups in total. The molecule has 0 fully saturated rings. The van der Waals surface area contributed by atoms with E-state index in [0.717, 1.165) is 33.4 Å². The van der Waals surface area contributed by atoms with Gasteiger partial charge in [0.1, 0.15) is 6.04 Å². The highest BCUT2D eigenvalue weighted by atomic mass is 16.5. The molecule has 4 aromatic rings. The molecule has 1 aliphatic rings. The molecule has 8 nitrogen and oxygen atoms in total. The lowest BCUT2D eigenvalue weighted by Crippen LogP contribution is -2.54. The normalized spacial score (nSPS) is 14.8. The second-order valence-corrected chi connectivity index (χ2v) is 10.9. The van der Waals surface area contributed by atoms with Crippen molar-refractivity contribution in [3.05, 3.63) is 142 Å². The van der Waals surface area contributed by atoms with Crippen molar-refractivity contribution in [3.8, 4) is 0 Å². The zero-order chi connectivity index (χ0) is 31.1. The predicted octanol–water partition coefficient (Wildman–Crippen LogP) is 5.89. The lowest BCUT2D eigenvalue weighted by molar-refractivity contribution is -0.141. The van der Waals surface area contributed by atoms with Crippen LogP contribution in [-0.4, -0.2) is 59.7 Å². The molecule has 2 atom stereocenters. The number of fused-ring (bicyclic) bond motifs is 1. The van der Waals surface area contributed by atoms with Crippen molar-refractivity contribution in [1.82, 2.24) is 9.80 Å². The Morgan fingerprint density at radius 2 is 1.55 bits per heavy atom. The van der Waals surface area contributed by atoms with E-state index >= 15 is 0 Å². The van der Waals surface area contributed by atoms with Crippen LogP contribution in [0.3, 0.4) is 0 Å². The Morgan fingerprint density at radius 1 is 0.864 bits per heavy atom. The number of carbonyl (C=O) groups excluding carboxylic acids is 2. The quantitative estimate of drug-likeness (QED) is 0.231. The van der Waals surface area contributed by atoms with E-state index in [2.05, 4.69) is 18.2 Å². The molecule has 0 bridgehead atoms. The third-order valence-corrected chi connectivity index (χ3v) is 8.15. The number of amides is 2. The third kappa shape index (κ3) is 6.82. The summed E-state index contributed by atoms with van der Waals surface area (Å²) in [5.74, 6) is -0.759. The van der Waals surface area contributed by atoms with Crippen LogP contribution in [-0.2, 0) is 40.2 Å². The molecular formula is C36H36N2O6. The molecule has 1 unspecified atom stereocenters. The fraction of sp³-hybridized carbons (Fsp3) is 0.250. The van der Waals surface area contributed by atoms with Crippen LogP contribution in [0.2, 0.25) is 0 Å². The first-order valence-corrected chi connectivity index (χ1v) is 14.5. The number of ether oxygens (including phenoxy) is 2. The van der Waals surface area contributed by atoms with E-state index in [0.29, 0.717) is 12.0 Å². The molecular weight excluding hydrogens is 556 g/mol. The highest BCUT2D eigenvalue weighted by Crippen LogP contribution is 2.32. The van der Waals surface area contributed by atoms with Gasteiger partial charge in [-0.2, -0.15) is 0 Å². The standard InChI is InChI=1S/C36H36N2O6/c1-43-24-33(27-12-7-4-8-13-27)37(22-26-16-18-28(19-17-26)35(40)44-2)34(39)32-21-31-29(20-25-10-5-3-6-11-25)14-9-15-30(31)23-38(32)36(41)42/h3-19,32-33H,20-24H2,1-2H3,(H,41,42)/t32?,33-/m0/s1. The zero-order valence-corrected chi connectivity index (χ0v) is 24.9. The van der Waals surface area contributed by atoms with Crippen LogP contribution in [0.15, 0.2) is 103 Å². The Kier molecular flexibility index (Phi) is 9.72. The largest absolute Gasteiger partial charge is 0.465 e. The van der Waals surface area contributed by atoms with Crippen LogP contribution in [0, 0.1) is 0 Å². The van der Waals surface area contributed by atoms with Crippen molar-refractivity contribution in [2.75, 3.05) is 20.8 Å². The Bertz CT molecular complexity index is 1590. The number of methoxy groups -OCH3 is 2. The number of carbonyl (C=O) groups is 3. The third-order valence-electron chi connectivity index (χ3n) is 8.15. The summed E-state index contributed by atoms with van der Waals surface area (Å²) in [6, 6.07) is 31.1. The topological polar surface area (TPSA) is 96.4 Å². The summed E-state index contributed by atoms with van der Waals surface area (Å²) in [6.07, 6.45) is -0.201. The van der Waals surface area contributed by atoms with Gasteiger partial charge >= 0.3 is 12.1 Å². The minimum atomic E-state index is -1.15. The van der Waals surface area contributed by atoms with E-state index in [-0.39, 0.29) is 32.0 Å². The lowest BCUT2D eigenvalue weighted by atomic mass is 9.87. The highest BCUT2D eigenvalue weighted by molar-refractivity contribution is 5.89. The van der Waals surface area contributed by atoms with E-state index in [1.165, 1.54) is 12.0 Å². The van der Waals surface area contributed by atoms with E-state index in [1.54, 1.807) is 36.3 Å². The first-order chi connectivity index (χ1) is 21.4. The van der Waals surface area contributed by atoms with Crippen molar-refractivity contribution >= 4 is 18.0 Å². The molecule has 0 radical (unpaired) electrons. The number of hydrogen-bond donors (Lipinski definition) is 1. The van der Waals surface area contributed by atoms with Crippen molar-refractivity contribution < 1.29 is 29.0 Å². The Hall–Kier alpha value is -4.95. The van der Waals surface area contributed by atoms with Gasteiger partial charge in [0.05, 0.1) is 31.9 Å². The van der Waals surface area contributed by atoms with Gasteiger partial charge in [0.25, 0.3) is 0 Å². The van der Waals surface area contributed by atoms with Crippen LogP contribution in [0.4, 0.5) is 4.79 Å². The second-order valence-electron chi connectivity index (χ2n) is 10.9. The first kappa shape index (κ1) is 30.5. The summed E-state index contributed by atoms with van der Waals surface area (Å²) < 4.78 is 10.4. The predicted molar refractivity (Wildman–Crippen MR) is 166 cm³/mol. The van der Waals surface area contributed by atoms with E-state index in [4.69, 9.17) is 9.47 Å². The molecule has 1 heterocycles. The molecule has 1 aliphatic heterocycles. The van der Waals surface area contributed by atoms with Crippen LogP contribution in [0.5, 0.6) is 0 Å². The summed E-state index contributed by atoms with van der Waals surface area (Å²) in [5, 5.41) is 10.3. The monoisotopic (exact) mass is 592 g/mol. The maximum atomic E-state index is 14.7. The van der Waals surface area contributed by atoms with Crippen LogP contribution in [0.25, 0.3) is 0 Å². The minimum Gasteiger partial charge on any atom is -0.465 e. The van der Waals surface area contributed by atoms with E-state index in [9.17, 15) is 19.5 Å². The lowest BCUT2D eigenvalue weighted by Gasteiger charge is -2.40. The molecule has 44 heavy (non-hydrogen) atoms. The fourth-order valence-corrected chi connectivity index (χ4v) is 5.89. The number of carboxylic acid groups (broad SMARTS) is 1. The first-order valence-electron chi connectivity index (χ1n) is 14.5. The van der Waals surface area contributed by atoms with Gasteiger partial charge in [0.2, 0.25) is 5.91 Å². The van der Waals surface area contributed by atoms with Crippen molar-refractivity contribution in [2.45, 2.75) is 38.0 Å². The molecule has 0 saturated heterocycles. The van der Waals surface area contributed by atoms with Gasteiger partial charge in [-0.3, -0.25) is 9.69 Å². The molecule has 0 aliphatic carbocycles. The second kappa shape index (κ2) is 14.0. The van der Waals surface area contributed by atoms with Gasteiger partial charge in [-0.1, -0.05) is 91.0 Å². The number of nitrogens with zero attached hydrogens (tertiary/aromatic N) is 2. The molecule has 0 aromatic heterocycles. The summed E-state index contributed by atoms with van der Waals surface area (Å²) >= 11 is 0. The van der Waals surface area contributed by atoms with Crippen molar-refractivity contribution in [1.29, 1.82) is 0 Å². The average Bonchev–Trinajstić information content (AvgIpc) is 3.06. The summed E-state index contributed by atoms with van der Waals surface area (Å²) in [4.78, 5) is 42.3. The maximum Gasteiger partial charge on any atom is 0.408 e. The van der Waals surface area contributed by atoms with Gasteiger partial charge in [-0.05, 0) is 51.9 Å². The summed E-state index contributed by atoms with van der Waals surface area (Å²) in [6.45, 7) is 0.517. The number of rotatable bonds is 10. The SMILES string of the molecule is COC[C@@H](c1ccccc1)N(Cc1ccc(C(=O)OC)cc1)C(=O)C1Cc2c(Cc3ccccc3)cccc2CN1C(=O)O. The number of esters is 1. The summed E-state index contributed by atoms with van der Waals surface area (Å²) in [7, 11) is 2.91. The maximum absolute atomic E-state index is 14.7. The average molecular weight is 593 g/mol. The molecule has 2 amide bonds. The van der Waals surface area contributed by atoms with Gasteiger partial charge < -0.3 is 19.5 Å². The molecule has 226 valence electrons. The van der Waals surface area contributed by atoms with Gasteiger partial charge in [0.15, 0.2) is 0 Å². The molecule has 4 aromatic carbocycles. The molecule has 0 saturated carbocycles. The van der Waals surface area contributed by atoms with Gasteiger partial charge in [0, 0.05) is 20.1 Å². The molecule has 0 spiro atoms. The van der Waals surface area contributed by atoms with Crippen molar-refractivity contribution in [2.24, 2.45) is 0 Å². The Balaban J connectivity index is 1.53.